The van der Waals surface area contributed by atoms with E-state index in [1.165, 1.54) is 0 Å². The molecule has 1 spiro atoms. The van der Waals surface area contributed by atoms with E-state index in [4.69, 9.17) is 4.74 Å². The van der Waals surface area contributed by atoms with E-state index in [0.29, 0.717) is 12.5 Å². The van der Waals surface area contributed by atoms with Crippen molar-refractivity contribution in [1.29, 1.82) is 0 Å². The highest BCUT2D eigenvalue weighted by molar-refractivity contribution is 6.09. The number of anilines is 1. The Labute approximate surface area is 146 Å². The number of nitrogens with one attached hydrogen (secondary N) is 1. The Bertz CT molecular complexity index is 866. The Balaban J connectivity index is 1.71. The van der Waals surface area contributed by atoms with Crippen LogP contribution in [-0.4, -0.2) is 42.5 Å². The minimum absolute atomic E-state index is 0.0102. The summed E-state index contributed by atoms with van der Waals surface area (Å²) >= 11 is 0. The number of hydrogen-bond donors (Lipinski definition) is 1. The average molecular weight is 336 g/mol. The molecule has 3 heterocycles. The van der Waals surface area contributed by atoms with Crippen LogP contribution >= 0.6 is 0 Å². The number of likely N-dealkylation sites (tertiary alicyclic amines) is 1. The predicted octanol–water partition coefficient (Wildman–Crippen LogP) is 1.55. The number of nitrogens with zero attached hydrogens (tertiary/aromatic N) is 1. The Kier molecular flexibility index (Phi) is 2.24. The lowest BCUT2D eigenvalue weighted by molar-refractivity contribution is -0.167. The molecule has 2 aliphatic carbocycles. The molecule has 128 valence electrons. The van der Waals surface area contributed by atoms with Crippen molar-refractivity contribution in [3.05, 3.63) is 42.5 Å². The van der Waals surface area contributed by atoms with Gasteiger partial charge in [-0.3, -0.25) is 9.59 Å². The number of piperidine rings is 1. The summed E-state index contributed by atoms with van der Waals surface area (Å²) in [6.07, 6.45) is 2.45. The lowest BCUT2D eigenvalue weighted by Gasteiger charge is -2.53. The molecule has 4 fully saturated rings. The molecule has 4 unspecified atom stereocenters. The van der Waals surface area contributed by atoms with E-state index in [1.807, 2.05) is 42.3 Å². The first-order chi connectivity index (χ1) is 12.1. The van der Waals surface area contributed by atoms with Crippen LogP contribution in [0.1, 0.15) is 12.0 Å². The summed E-state index contributed by atoms with van der Waals surface area (Å²) in [6.45, 7) is 4.70. The molecule has 1 aromatic rings. The van der Waals surface area contributed by atoms with Gasteiger partial charge in [0.25, 0.3) is 0 Å². The average Bonchev–Trinajstić information content (AvgIpc) is 3.08. The molecule has 6 rings (SSSR count). The van der Waals surface area contributed by atoms with Gasteiger partial charge in [-0.05, 0) is 24.0 Å². The summed E-state index contributed by atoms with van der Waals surface area (Å²) in [5.41, 5.74) is 0.422. The maximum atomic E-state index is 13.4. The molecule has 2 amide bonds. The molecular weight excluding hydrogens is 316 g/mol. The molecule has 7 atom stereocenters. The van der Waals surface area contributed by atoms with E-state index in [0.717, 1.165) is 17.7 Å². The van der Waals surface area contributed by atoms with Crippen molar-refractivity contribution in [2.24, 2.45) is 23.2 Å². The molecule has 1 aromatic carbocycles. The molecule has 0 aromatic heterocycles. The van der Waals surface area contributed by atoms with E-state index in [9.17, 15) is 9.59 Å². The number of hydrogen-bond acceptors (Lipinski definition) is 3. The topological polar surface area (TPSA) is 58.6 Å². The van der Waals surface area contributed by atoms with Crippen molar-refractivity contribution in [2.45, 2.75) is 24.0 Å². The van der Waals surface area contributed by atoms with Gasteiger partial charge >= 0.3 is 0 Å². The summed E-state index contributed by atoms with van der Waals surface area (Å²) in [5.74, 6) is 0.560. The van der Waals surface area contributed by atoms with Crippen LogP contribution in [0.25, 0.3) is 0 Å². The Morgan fingerprint density at radius 3 is 2.96 bits per heavy atom. The molecule has 2 saturated carbocycles. The molecule has 25 heavy (non-hydrogen) atoms. The lowest BCUT2D eigenvalue weighted by atomic mass is 9.51. The highest BCUT2D eigenvalue weighted by atomic mass is 16.5. The third-order valence-corrected chi connectivity index (χ3v) is 7.85. The van der Waals surface area contributed by atoms with Gasteiger partial charge in [-0.1, -0.05) is 24.3 Å². The summed E-state index contributed by atoms with van der Waals surface area (Å²) in [5, 5.41) is 3.08. The number of para-hydroxylation sites is 1. The monoisotopic (exact) mass is 336 g/mol. The Morgan fingerprint density at radius 1 is 1.36 bits per heavy atom. The number of benzene rings is 1. The van der Waals surface area contributed by atoms with Gasteiger partial charge in [0.05, 0.1) is 18.1 Å². The molecule has 5 bridgehead atoms. The van der Waals surface area contributed by atoms with E-state index in [2.05, 4.69) is 11.9 Å². The fraction of sp³-hybridized carbons (Fsp3) is 0.500. The maximum absolute atomic E-state index is 13.4. The van der Waals surface area contributed by atoms with Crippen LogP contribution in [0.5, 0.6) is 0 Å². The van der Waals surface area contributed by atoms with Gasteiger partial charge in [0.15, 0.2) is 0 Å². The second-order valence-electron chi connectivity index (χ2n) is 8.22. The molecule has 5 heteroatoms. The second kappa shape index (κ2) is 3.98. The summed E-state index contributed by atoms with van der Waals surface area (Å²) in [6, 6.07) is 7.93. The van der Waals surface area contributed by atoms with Crippen molar-refractivity contribution in [3.63, 3.8) is 0 Å². The lowest BCUT2D eigenvalue weighted by Crippen LogP contribution is -2.63. The largest absolute Gasteiger partial charge is 0.376 e. The van der Waals surface area contributed by atoms with Gasteiger partial charge in [0.1, 0.15) is 5.41 Å². The van der Waals surface area contributed by atoms with Crippen molar-refractivity contribution < 1.29 is 14.3 Å². The number of ether oxygens (including phenoxy) is 1. The van der Waals surface area contributed by atoms with Crippen LogP contribution < -0.4 is 5.32 Å². The van der Waals surface area contributed by atoms with Gasteiger partial charge in [0.2, 0.25) is 11.8 Å². The van der Waals surface area contributed by atoms with Crippen molar-refractivity contribution in [1.82, 2.24) is 4.90 Å². The molecule has 0 radical (unpaired) electrons. The summed E-state index contributed by atoms with van der Waals surface area (Å²) < 4.78 is 6.26. The van der Waals surface area contributed by atoms with E-state index >= 15 is 0 Å². The van der Waals surface area contributed by atoms with Crippen LogP contribution in [0.15, 0.2) is 36.9 Å². The maximum Gasteiger partial charge on any atom is 0.238 e. The second-order valence-corrected chi connectivity index (χ2v) is 8.22. The zero-order valence-corrected chi connectivity index (χ0v) is 14.1. The molecule has 5 nitrogen and oxygen atoms in total. The standard InChI is InChI=1S/C20H20N2O3/c1-3-19-12-8-14-20(11-6-4-5-7-13(11)21-17(20)23)16(19)15(10(12)9-25-14)22(2)18(19)24/h3-7,10,12,14-16H,1,8-9H2,2H3,(H,21,23)/t10?,12-,14+,15?,16?,19?,20-/m1/s1. The van der Waals surface area contributed by atoms with Gasteiger partial charge in [-0.15, -0.1) is 6.58 Å². The predicted molar refractivity (Wildman–Crippen MR) is 90.8 cm³/mol. The first-order valence-electron chi connectivity index (χ1n) is 9.02. The number of carbonyl (C=O) groups is 2. The van der Waals surface area contributed by atoms with Crippen LogP contribution in [-0.2, 0) is 19.7 Å². The van der Waals surface area contributed by atoms with E-state index < -0.39 is 10.8 Å². The van der Waals surface area contributed by atoms with Gasteiger partial charge in [-0.25, -0.2) is 0 Å². The smallest absolute Gasteiger partial charge is 0.238 e. The number of amides is 2. The molecular formula is C20H20N2O3. The van der Waals surface area contributed by atoms with Crippen molar-refractivity contribution in [3.8, 4) is 0 Å². The van der Waals surface area contributed by atoms with E-state index in [1.54, 1.807) is 0 Å². The van der Waals surface area contributed by atoms with Crippen molar-refractivity contribution in [2.75, 3.05) is 19.0 Å². The van der Waals surface area contributed by atoms with Crippen LogP contribution in [0, 0.1) is 23.2 Å². The number of fused-ring (bicyclic) bond motifs is 5. The van der Waals surface area contributed by atoms with E-state index in [-0.39, 0.29) is 35.8 Å². The normalized spacial score (nSPS) is 48.2. The minimum atomic E-state index is -0.794. The van der Waals surface area contributed by atoms with Crippen LogP contribution in [0.3, 0.4) is 0 Å². The zero-order valence-electron chi connectivity index (χ0n) is 14.1. The molecule has 2 saturated heterocycles. The molecule has 1 N–H and O–H groups in total. The first kappa shape index (κ1) is 14.1. The molecule has 3 aliphatic heterocycles. The Morgan fingerprint density at radius 2 is 2.16 bits per heavy atom. The van der Waals surface area contributed by atoms with Crippen LogP contribution in [0.4, 0.5) is 5.69 Å². The zero-order chi connectivity index (χ0) is 17.1. The van der Waals surface area contributed by atoms with Gasteiger partial charge in [-0.2, -0.15) is 0 Å². The summed E-state index contributed by atoms with van der Waals surface area (Å²) in [4.78, 5) is 28.5. The number of rotatable bonds is 1. The quantitative estimate of drug-likeness (QED) is 0.792. The highest BCUT2D eigenvalue weighted by Crippen LogP contribution is 2.73. The van der Waals surface area contributed by atoms with Crippen molar-refractivity contribution >= 4 is 17.5 Å². The van der Waals surface area contributed by atoms with Crippen LogP contribution in [0.2, 0.25) is 0 Å². The highest BCUT2D eigenvalue weighted by Gasteiger charge is 2.82. The third-order valence-electron chi connectivity index (χ3n) is 7.85. The van der Waals surface area contributed by atoms with Gasteiger partial charge in [0, 0.05) is 30.6 Å². The number of carbonyl (C=O) groups excluding carboxylic acids is 2. The first-order valence-corrected chi connectivity index (χ1v) is 9.02. The fourth-order valence-electron chi connectivity index (χ4n) is 7.17. The van der Waals surface area contributed by atoms with Gasteiger partial charge < -0.3 is 15.0 Å². The minimum Gasteiger partial charge on any atom is -0.376 e. The SMILES string of the molecule is C=CC12C(=O)N(C)C3C4CO[C@@H](C[C@H]41)[C@@]1(C(=O)Nc4ccccc41)C32. The Hall–Kier alpha value is -2.14. The summed E-state index contributed by atoms with van der Waals surface area (Å²) in [7, 11) is 1.88. The molecule has 5 aliphatic rings. The fourth-order valence-corrected chi connectivity index (χ4v) is 7.17. The third kappa shape index (κ3) is 1.14.